The van der Waals surface area contributed by atoms with Crippen LogP contribution >= 0.6 is 22.9 Å². The van der Waals surface area contributed by atoms with Gasteiger partial charge in [0.2, 0.25) is 5.91 Å². The second-order valence-corrected chi connectivity index (χ2v) is 10.3. The first-order valence-electron chi connectivity index (χ1n) is 12.7. The smallest absolute Gasteiger partial charge is 0.341 e. The maximum absolute atomic E-state index is 12.9. The van der Waals surface area contributed by atoms with Crippen molar-refractivity contribution in [2.45, 2.75) is 46.5 Å². The molecule has 0 saturated carbocycles. The van der Waals surface area contributed by atoms with Crippen molar-refractivity contribution in [2.75, 3.05) is 25.6 Å². The summed E-state index contributed by atoms with van der Waals surface area (Å²) < 4.78 is 16.7. The molecule has 202 valence electrons. The number of amides is 1. The zero-order valence-electron chi connectivity index (χ0n) is 22.3. The predicted molar refractivity (Wildman–Crippen MR) is 156 cm³/mol. The Kier molecular flexibility index (Phi) is 11.2. The lowest BCUT2D eigenvalue weighted by atomic mass is 10.0. The van der Waals surface area contributed by atoms with Crippen molar-refractivity contribution in [1.29, 1.82) is 0 Å². The molecular weight excluding hydrogens is 522 g/mol. The fraction of sp³-hybridized carbons (Fsp3) is 0.333. The van der Waals surface area contributed by atoms with Crippen molar-refractivity contribution in [3.05, 3.63) is 69.6 Å². The van der Waals surface area contributed by atoms with Gasteiger partial charge in [-0.05, 0) is 61.7 Å². The Balaban J connectivity index is 1.77. The number of benzene rings is 2. The molecule has 0 spiro atoms. The van der Waals surface area contributed by atoms with E-state index in [-0.39, 0.29) is 12.5 Å². The molecule has 0 bridgehead atoms. The van der Waals surface area contributed by atoms with E-state index in [4.69, 9.17) is 25.8 Å². The zero-order valence-corrected chi connectivity index (χ0v) is 23.8. The highest BCUT2D eigenvalue weighted by Crippen LogP contribution is 2.40. The Hall–Kier alpha value is -3.29. The number of rotatable bonds is 13. The summed E-state index contributed by atoms with van der Waals surface area (Å²) in [5.41, 5.74) is 2.66. The number of esters is 1. The Bertz CT molecular complexity index is 1270. The first kappa shape index (κ1) is 29.3. The Labute approximate surface area is 233 Å². The van der Waals surface area contributed by atoms with E-state index in [2.05, 4.69) is 12.2 Å². The van der Waals surface area contributed by atoms with Crippen LogP contribution in [0.4, 0.5) is 5.00 Å². The number of anilines is 1. The van der Waals surface area contributed by atoms with Gasteiger partial charge >= 0.3 is 5.97 Å². The summed E-state index contributed by atoms with van der Waals surface area (Å²) in [5.74, 6) is 0.424. The van der Waals surface area contributed by atoms with Crippen molar-refractivity contribution in [1.82, 2.24) is 0 Å². The molecule has 0 unspecified atom stereocenters. The number of carbonyl (C=O) groups excluding carboxylic acids is 2. The lowest BCUT2D eigenvalue weighted by molar-refractivity contribution is -0.111. The molecule has 2 aromatic carbocycles. The summed E-state index contributed by atoms with van der Waals surface area (Å²) in [6.07, 6.45) is 7.62. The van der Waals surface area contributed by atoms with Crippen molar-refractivity contribution in [3.63, 3.8) is 0 Å². The molecule has 8 heteroatoms. The molecule has 0 radical (unpaired) electrons. The average molecular weight is 556 g/mol. The van der Waals surface area contributed by atoms with E-state index >= 15 is 0 Å². The van der Waals surface area contributed by atoms with Crippen LogP contribution in [0, 0.1) is 6.92 Å². The molecule has 6 nitrogen and oxygen atoms in total. The first-order valence-corrected chi connectivity index (χ1v) is 13.9. The van der Waals surface area contributed by atoms with E-state index in [1.54, 1.807) is 32.2 Å². The number of hydrogen-bond acceptors (Lipinski definition) is 6. The summed E-state index contributed by atoms with van der Waals surface area (Å²) in [6.45, 7) is 6.69. The number of unbranched alkanes of at least 4 members (excludes halogenated alkanes) is 3. The van der Waals surface area contributed by atoms with Gasteiger partial charge in [-0.15, -0.1) is 11.3 Å². The van der Waals surface area contributed by atoms with E-state index in [9.17, 15) is 9.59 Å². The number of hydrogen-bond donors (Lipinski definition) is 1. The summed E-state index contributed by atoms with van der Waals surface area (Å²) >= 11 is 7.38. The molecule has 0 aliphatic rings. The second kappa shape index (κ2) is 14.6. The fourth-order valence-electron chi connectivity index (χ4n) is 3.94. The lowest BCUT2D eigenvalue weighted by Gasteiger charge is -2.11. The SMILES string of the molecule is CCCCCCOc1ccc(/C=C/C(=O)Nc2sc(C)c(-c3ccc(Cl)cc3)c2C(=O)OCC)cc1OC. The third kappa shape index (κ3) is 7.85. The van der Waals surface area contributed by atoms with Gasteiger partial charge in [-0.2, -0.15) is 0 Å². The maximum atomic E-state index is 12.9. The third-order valence-corrected chi connectivity index (χ3v) is 7.08. The highest BCUT2D eigenvalue weighted by Gasteiger charge is 2.25. The Morgan fingerprint density at radius 2 is 1.79 bits per heavy atom. The van der Waals surface area contributed by atoms with E-state index in [0.29, 0.717) is 33.7 Å². The lowest BCUT2D eigenvalue weighted by Crippen LogP contribution is -2.12. The second-order valence-electron chi connectivity index (χ2n) is 8.61. The van der Waals surface area contributed by atoms with Gasteiger partial charge in [0.25, 0.3) is 0 Å². The summed E-state index contributed by atoms with van der Waals surface area (Å²) in [7, 11) is 1.59. The Morgan fingerprint density at radius 1 is 1.03 bits per heavy atom. The molecule has 0 aliphatic heterocycles. The normalized spacial score (nSPS) is 11.0. The van der Waals surface area contributed by atoms with Crippen LogP contribution in [0.3, 0.4) is 0 Å². The average Bonchev–Trinajstić information content (AvgIpc) is 3.23. The number of carbonyl (C=O) groups is 2. The van der Waals surface area contributed by atoms with Gasteiger partial charge in [-0.3, -0.25) is 4.79 Å². The molecular formula is C30H34ClNO5S. The Morgan fingerprint density at radius 3 is 2.47 bits per heavy atom. The molecule has 0 saturated heterocycles. The van der Waals surface area contributed by atoms with Crippen LogP contribution < -0.4 is 14.8 Å². The van der Waals surface area contributed by atoms with Crippen LogP contribution in [0.25, 0.3) is 17.2 Å². The van der Waals surface area contributed by atoms with Crippen LogP contribution in [0.1, 0.15) is 60.3 Å². The largest absolute Gasteiger partial charge is 0.493 e. The standard InChI is InChI=1S/C30H34ClNO5S/c1-5-7-8-9-18-37-24-16-10-21(19-25(24)35-4)11-17-26(33)32-29-28(30(34)36-6-2)27(20(3)38-29)22-12-14-23(31)15-13-22/h10-17,19H,5-9,18H2,1-4H3,(H,32,33)/b17-11+. The van der Waals surface area contributed by atoms with E-state index in [1.165, 1.54) is 30.3 Å². The third-order valence-electron chi connectivity index (χ3n) is 5.80. The van der Waals surface area contributed by atoms with Crippen LogP contribution in [-0.4, -0.2) is 32.2 Å². The minimum absolute atomic E-state index is 0.224. The fourth-order valence-corrected chi connectivity index (χ4v) is 5.13. The summed E-state index contributed by atoms with van der Waals surface area (Å²) in [6, 6.07) is 12.8. The summed E-state index contributed by atoms with van der Waals surface area (Å²) in [4.78, 5) is 26.6. The molecule has 0 aliphatic carbocycles. The number of aryl methyl sites for hydroxylation is 1. The van der Waals surface area contributed by atoms with Crippen LogP contribution in [0.2, 0.25) is 5.02 Å². The number of thiophene rings is 1. The van der Waals surface area contributed by atoms with Crippen molar-refractivity contribution < 1.29 is 23.8 Å². The van der Waals surface area contributed by atoms with Gasteiger partial charge in [0.1, 0.15) is 10.6 Å². The van der Waals surface area contributed by atoms with E-state index in [0.717, 1.165) is 34.4 Å². The molecule has 0 fully saturated rings. The zero-order chi connectivity index (χ0) is 27.5. The maximum Gasteiger partial charge on any atom is 0.341 e. The van der Waals surface area contributed by atoms with Gasteiger partial charge < -0.3 is 19.5 Å². The molecule has 38 heavy (non-hydrogen) atoms. The van der Waals surface area contributed by atoms with Gasteiger partial charge in [-0.25, -0.2) is 4.79 Å². The van der Waals surface area contributed by atoms with E-state index in [1.807, 2.05) is 37.3 Å². The molecule has 3 aromatic rings. The number of nitrogens with one attached hydrogen (secondary N) is 1. The van der Waals surface area contributed by atoms with Crippen LogP contribution in [0.5, 0.6) is 11.5 Å². The molecule has 1 heterocycles. The molecule has 0 atom stereocenters. The summed E-state index contributed by atoms with van der Waals surface area (Å²) in [5, 5.41) is 3.89. The van der Waals surface area contributed by atoms with Crippen molar-refractivity contribution in [2.24, 2.45) is 0 Å². The first-order chi connectivity index (χ1) is 18.4. The molecule has 3 rings (SSSR count). The molecule has 1 amide bonds. The number of methoxy groups -OCH3 is 1. The number of halogens is 1. The van der Waals surface area contributed by atoms with Crippen molar-refractivity contribution in [3.8, 4) is 22.6 Å². The minimum atomic E-state index is -0.490. The van der Waals surface area contributed by atoms with E-state index < -0.39 is 5.97 Å². The highest BCUT2D eigenvalue weighted by molar-refractivity contribution is 7.17. The van der Waals surface area contributed by atoms with Crippen LogP contribution in [0.15, 0.2) is 48.5 Å². The molecule has 1 aromatic heterocycles. The monoisotopic (exact) mass is 555 g/mol. The van der Waals surface area contributed by atoms with Gasteiger partial charge in [0.05, 0.1) is 20.3 Å². The topological polar surface area (TPSA) is 73.9 Å². The predicted octanol–water partition coefficient (Wildman–Crippen LogP) is 8.17. The van der Waals surface area contributed by atoms with Crippen LogP contribution in [-0.2, 0) is 9.53 Å². The van der Waals surface area contributed by atoms with Gasteiger partial charge in [-0.1, -0.05) is 56.0 Å². The van der Waals surface area contributed by atoms with Gasteiger partial charge in [0, 0.05) is 21.5 Å². The molecule has 1 N–H and O–H groups in total. The van der Waals surface area contributed by atoms with Crippen molar-refractivity contribution >= 4 is 45.9 Å². The minimum Gasteiger partial charge on any atom is -0.493 e. The number of ether oxygens (including phenoxy) is 3. The van der Waals surface area contributed by atoms with Gasteiger partial charge in [0.15, 0.2) is 11.5 Å². The quantitative estimate of drug-likeness (QED) is 0.131. The highest BCUT2D eigenvalue weighted by atomic mass is 35.5.